The van der Waals surface area contributed by atoms with E-state index >= 15 is 0 Å². The maximum atomic E-state index is 10.4. The molecule has 0 amide bonds. The second-order valence-corrected chi connectivity index (χ2v) is 1.94. The molecule has 1 heterocycles. The van der Waals surface area contributed by atoms with Crippen LogP contribution in [-0.2, 0) is 0 Å². The van der Waals surface area contributed by atoms with Crippen LogP contribution in [-0.4, -0.2) is 34.9 Å². The van der Waals surface area contributed by atoms with E-state index in [9.17, 15) is 4.79 Å². The number of pyridine rings is 1. The number of carboxylic acid groups (broad SMARTS) is 1. The molecule has 3 nitrogen and oxygen atoms in total. The van der Waals surface area contributed by atoms with Gasteiger partial charge in [-0.3, -0.25) is 4.98 Å². The van der Waals surface area contributed by atoms with Crippen molar-refractivity contribution in [1.29, 1.82) is 0 Å². The van der Waals surface area contributed by atoms with Crippen LogP contribution in [0, 0.1) is 6.92 Å². The molecule has 0 aliphatic carbocycles. The topological polar surface area (TPSA) is 50.2 Å². The minimum atomic E-state index is -0.925. The van der Waals surface area contributed by atoms with E-state index in [2.05, 4.69) is 4.98 Å². The number of nitrogens with zero attached hydrogens (tertiary/aromatic N) is 1. The van der Waals surface area contributed by atoms with Gasteiger partial charge in [0, 0.05) is 7.62 Å². The Morgan fingerprint density at radius 3 is 2.73 bits per heavy atom. The summed E-state index contributed by atoms with van der Waals surface area (Å²) in [4.78, 5) is 14.2. The number of aryl methyl sites for hydroxylation is 1. The fraction of sp³-hybridized carbons (Fsp3) is 0.143. The van der Waals surface area contributed by atoms with Crippen molar-refractivity contribution in [1.82, 2.24) is 4.98 Å². The van der Waals surface area contributed by atoms with Gasteiger partial charge in [0.15, 0.2) is 0 Å². The third-order valence-electron chi connectivity index (χ3n) is 1.24. The van der Waals surface area contributed by atoms with Gasteiger partial charge in [0.2, 0.25) is 0 Å². The Bertz CT molecular complexity index is 267. The van der Waals surface area contributed by atoms with Crippen molar-refractivity contribution < 1.29 is 11.3 Å². The van der Waals surface area contributed by atoms with Gasteiger partial charge in [-0.05, 0) is 19.1 Å². The first-order valence-electron chi connectivity index (χ1n) is 2.86. The van der Waals surface area contributed by atoms with E-state index in [-0.39, 0.29) is 25.9 Å². The van der Waals surface area contributed by atoms with Crippen molar-refractivity contribution in [3.05, 3.63) is 29.6 Å². The second-order valence-electron chi connectivity index (χ2n) is 1.94. The molecule has 0 aliphatic rings. The molecule has 1 aromatic heterocycles. The summed E-state index contributed by atoms with van der Waals surface area (Å²) in [7, 11) is 0. The summed E-state index contributed by atoms with van der Waals surface area (Å²) in [6.45, 7) is 1.67. The molecule has 55 valence electrons. The van der Waals surface area contributed by atoms with Crippen LogP contribution in [0.25, 0.3) is 0 Å². The SMILES string of the molecule is Cc1ncccc1C(=O)O.[2H].[LiH]. The maximum absolute atomic E-state index is 10.4. The third-order valence-corrected chi connectivity index (χ3v) is 1.24. The van der Waals surface area contributed by atoms with E-state index in [0.717, 1.165) is 0 Å². The van der Waals surface area contributed by atoms with Gasteiger partial charge in [-0.1, -0.05) is 0 Å². The molecule has 0 unspecified atom stereocenters. The minimum absolute atomic E-state index is 0. The molecule has 1 aromatic rings. The average Bonchev–Trinajstić information content (AvgIpc) is 1.88. The Kier molecular flexibility index (Phi) is 3.87. The molecule has 0 atom stereocenters. The predicted octanol–water partition coefficient (Wildman–Crippen LogP) is 0.552. The Labute approximate surface area is 78.1 Å². The molecular formula is C7H9LiNO2. The van der Waals surface area contributed by atoms with Gasteiger partial charge in [0.1, 0.15) is 0 Å². The van der Waals surface area contributed by atoms with E-state index in [1.807, 2.05) is 0 Å². The number of carbonyl (C=O) groups is 1. The number of aromatic carboxylic acids is 1. The number of rotatable bonds is 1. The summed E-state index contributed by atoms with van der Waals surface area (Å²) in [5, 5.41) is 8.53. The Morgan fingerprint density at radius 1 is 1.73 bits per heavy atom. The first-order chi connectivity index (χ1) is 4.72. The van der Waals surface area contributed by atoms with Crippen molar-refractivity contribution in [2.24, 2.45) is 0 Å². The van der Waals surface area contributed by atoms with Gasteiger partial charge >= 0.3 is 24.8 Å². The predicted molar refractivity (Wildman–Crippen MR) is 44.2 cm³/mol. The molecule has 0 aliphatic heterocycles. The molecule has 1 radical (unpaired) electrons. The van der Waals surface area contributed by atoms with E-state index in [1.54, 1.807) is 19.2 Å². The zero-order chi connectivity index (χ0) is 7.56. The summed E-state index contributed by atoms with van der Waals surface area (Å²) in [5.41, 5.74) is 0.817. The second kappa shape index (κ2) is 4.17. The number of hydrogen-bond acceptors (Lipinski definition) is 2. The summed E-state index contributed by atoms with van der Waals surface area (Å²) >= 11 is 0. The molecular weight excluding hydrogens is 137 g/mol. The van der Waals surface area contributed by atoms with E-state index in [1.165, 1.54) is 6.07 Å². The van der Waals surface area contributed by atoms with E-state index < -0.39 is 5.97 Å². The summed E-state index contributed by atoms with van der Waals surface area (Å²) in [6.07, 6.45) is 1.57. The summed E-state index contributed by atoms with van der Waals surface area (Å²) < 4.78 is 0. The molecule has 0 spiro atoms. The number of hydrogen-bond donors (Lipinski definition) is 1. The van der Waals surface area contributed by atoms with Crippen LogP contribution in [0.3, 0.4) is 0 Å². The van der Waals surface area contributed by atoms with Gasteiger partial charge in [-0.2, -0.15) is 0 Å². The molecule has 11 heavy (non-hydrogen) atoms. The average molecular weight is 147 g/mol. The number of aromatic nitrogens is 1. The first-order valence-corrected chi connectivity index (χ1v) is 2.86. The summed E-state index contributed by atoms with van der Waals surface area (Å²) in [6, 6.07) is 3.14. The van der Waals surface area contributed by atoms with E-state index in [0.29, 0.717) is 5.69 Å². The molecule has 1 rings (SSSR count). The monoisotopic (exact) mass is 147 g/mol. The molecule has 0 aromatic carbocycles. The molecule has 0 fully saturated rings. The zero-order valence-corrected chi connectivity index (χ0v) is 5.53. The molecule has 0 saturated heterocycles. The van der Waals surface area contributed by atoms with Crippen LogP contribution >= 0.6 is 0 Å². The zero-order valence-electron chi connectivity index (χ0n) is 6.53. The van der Waals surface area contributed by atoms with Crippen LogP contribution in [0.4, 0.5) is 0 Å². The van der Waals surface area contributed by atoms with Crippen molar-refractivity contribution >= 4 is 24.8 Å². The van der Waals surface area contributed by atoms with Crippen LogP contribution < -0.4 is 0 Å². The van der Waals surface area contributed by atoms with E-state index in [4.69, 9.17) is 5.11 Å². The van der Waals surface area contributed by atoms with Gasteiger partial charge < -0.3 is 5.11 Å². The molecule has 0 saturated carbocycles. The van der Waals surface area contributed by atoms with Crippen LogP contribution in [0.2, 0.25) is 0 Å². The van der Waals surface area contributed by atoms with Crippen molar-refractivity contribution in [3.8, 4) is 0 Å². The fourth-order valence-electron chi connectivity index (χ4n) is 0.710. The Hall–Kier alpha value is -0.783. The normalized spacial score (nSPS) is 8.45. The van der Waals surface area contributed by atoms with Crippen molar-refractivity contribution in [2.45, 2.75) is 6.92 Å². The quantitative estimate of drug-likeness (QED) is 0.590. The van der Waals surface area contributed by atoms with Gasteiger partial charge in [0.05, 0.1) is 11.3 Å². The molecule has 4 heteroatoms. The first kappa shape index (κ1) is 10.2. The Morgan fingerprint density at radius 2 is 2.36 bits per heavy atom. The standard InChI is InChI=1S/C7H7NO2.Li.2H/c1-5-6(7(9)10)3-2-4-8-5;;;/h2-4H,1H3,(H,9,10);;;/i;;1+1;. The van der Waals surface area contributed by atoms with Gasteiger partial charge in [0.25, 0.3) is 0 Å². The van der Waals surface area contributed by atoms with Crippen molar-refractivity contribution in [3.63, 3.8) is 0 Å². The summed E-state index contributed by atoms with van der Waals surface area (Å²) in [5.74, 6) is -0.925. The number of carboxylic acids is 1. The van der Waals surface area contributed by atoms with Crippen LogP contribution in [0.15, 0.2) is 18.3 Å². The van der Waals surface area contributed by atoms with Crippen LogP contribution in [0.5, 0.6) is 0 Å². The fourth-order valence-corrected chi connectivity index (χ4v) is 0.710. The van der Waals surface area contributed by atoms with Crippen LogP contribution in [0.1, 0.15) is 17.5 Å². The Balaban J connectivity index is 0. The van der Waals surface area contributed by atoms with Gasteiger partial charge in [-0.15, -0.1) is 0 Å². The van der Waals surface area contributed by atoms with Crippen molar-refractivity contribution in [2.75, 3.05) is 0 Å². The molecule has 1 N–H and O–H groups in total. The molecule has 0 bridgehead atoms. The van der Waals surface area contributed by atoms with Gasteiger partial charge in [-0.25, -0.2) is 4.79 Å². The third kappa shape index (κ3) is 2.38.